The Morgan fingerprint density at radius 3 is 2.27 bits per heavy atom. The van der Waals surface area contributed by atoms with Crippen LogP contribution >= 0.6 is 45.8 Å². The van der Waals surface area contributed by atoms with Gasteiger partial charge in [0.25, 0.3) is 0 Å². The van der Waals surface area contributed by atoms with Gasteiger partial charge in [0, 0.05) is 9.13 Å². The molecule has 76 valence electrons. The van der Waals surface area contributed by atoms with Crippen molar-refractivity contribution in [3.8, 4) is 11.4 Å². The molecule has 0 atom stereocenters. The van der Waals surface area contributed by atoms with Crippen LogP contribution in [-0.2, 0) is 0 Å². The summed E-state index contributed by atoms with van der Waals surface area (Å²) in [5.41, 5.74) is 0.869. The van der Waals surface area contributed by atoms with Gasteiger partial charge in [0.2, 0.25) is 10.6 Å². The second-order valence-electron chi connectivity index (χ2n) is 2.71. The highest BCUT2D eigenvalue weighted by Gasteiger charge is 2.05. The maximum Gasteiger partial charge on any atom is 0.227 e. The Morgan fingerprint density at radius 2 is 1.67 bits per heavy atom. The smallest absolute Gasteiger partial charge is 0.198 e. The average Bonchev–Trinajstić information content (AvgIpc) is 2.16. The summed E-state index contributed by atoms with van der Waals surface area (Å²) in [5, 5.41) is 0.202. The zero-order valence-electron chi connectivity index (χ0n) is 7.28. The van der Waals surface area contributed by atoms with E-state index < -0.39 is 0 Å². The van der Waals surface area contributed by atoms with Crippen LogP contribution in [0.1, 0.15) is 0 Å². The maximum absolute atomic E-state index is 5.69. The molecule has 2 aromatic rings. The SMILES string of the molecule is Clc1nc(Cl)nc(-c2cccc(I)c2)n1. The van der Waals surface area contributed by atoms with Crippen LogP contribution in [0.5, 0.6) is 0 Å². The van der Waals surface area contributed by atoms with Crippen LogP contribution in [0.25, 0.3) is 11.4 Å². The lowest BCUT2D eigenvalue weighted by atomic mass is 10.2. The molecule has 0 amide bonds. The van der Waals surface area contributed by atoms with Gasteiger partial charge in [-0.3, -0.25) is 0 Å². The number of nitrogens with zero attached hydrogens (tertiary/aromatic N) is 3. The van der Waals surface area contributed by atoms with E-state index in [0.717, 1.165) is 9.13 Å². The molecule has 2 rings (SSSR count). The highest BCUT2D eigenvalue weighted by Crippen LogP contribution is 2.19. The van der Waals surface area contributed by atoms with Crippen molar-refractivity contribution >= 4 is 45.8 Å². The van der Waals surface area contributed by atoms with Crippen molar-refractivity contribution < 1.29 is 0 Å². The summed E-state index contributed by atoms with van der Waals surface area (Å²) in [6, 6.07) is 7.74. The van der Waals surface area contributed by atoms with Crippen molar-refractivity contribution in [1.29, 1.82) is 0 Å². The fraction of sp³-hybridized carbons (Fsp3) is 0. The van der Waals surface area contributed by atoms with Gasteiger partial charge >= 0.3 is 0 Å². The molecule has 0 aliphatic rings. The van der Waals surface area contributed by atoms with Gasteiger partial charge < -0.3 is 0 Å². The zero-order valence-corrected chi connectivity index (χ0v) is 11.0. The summed E-state index contributed by atoms with van der Waals surface area (Å²) in [5.74, 6) is 0.485. The largest absolute Gasteiger partial charge is 0.227 e. The summed E-state index contributed by atoms with van der Waals surface area (Å²) in [4.78, 5) is 11.7. The van der Waals surface area contributed by atoms with E-state index in [9.17, 15) is 0 Å². The number of aromatic nitrogens is 3. The van der Waals surface area contributed by atoms with Crippen molar-refractivity contribution in [3.05, 3.63) is 38.4 Å². The molecular formula is C9H4Cl2IN3. The molecule has 6 heteroatoms. The fourth-order valence-electron chi connectivity index (χ4n) is 1.08. The minimum atomic E-state index is 0.101. The van der Waals surface area contributed by atoms with Gasteiger partial charge in [-0.05, 0) is 57.9 Å². The molecular weight excluding hydrogens is 348 g/mol. The minimum Gasteiger partial charge on any atom is -0.198 e. The first kappa shape index (κ1) is 11.0. The Balaban J connectivity index is 2.54. The zero-order chi connectivity index (χ0) is 10.8. The maximum atomic E-state index is 5.69. The molecule has 0 bridgehead atoms. The molecule has 0 unspecified atom stereocenters. The quantitative estimate of drug-likeness (QED) is 0.738. The van der Waals surface area contributed by atoms with Gasteiger partial charge in [-0.1, -0.05) is 12.1 Å². The number of hydrogen-bond donors (Lipinski definition) is 0. The molecule has 0 aliphatic carbocycles. The molecule has 0 aliphatic heterocycles. The van der Waals surface area contributed by atoms with Crippen molar-refractivity contribution in [3.63, 3.8) is 0 Å². The van der Waals surface area contributed by atoms with E-state index in [1.165, 1.54) is 0 Å². The highest BCUT2D eigenvalue weighted by atomic mass is 127. The number of halogens is 3. The Morgan fingerprint density at radius 1 is 1.00 bits per heavy atom. The lowest BCUT2D eigenvalue weighted by Gasteiger charge is -2.00. The Labute approximate surface area is 110 Å². The summed E-state index contributed by atoms with van der Waals surface area (Å²) >= 11 is 13.6. The van der Waals surface area contributed by atoms with Crippen molar-refractivity contribution in [2.45, 2.75) is 0 Å². The third-order valence-corrected chi connectivity index (χ3v) is 2.67. The summed E-state index contributed by atoms with van der Waals surface area (Å²) < 4.78 is 1.10. The van der Waals surface area contributed by atoms with E-state index in [4.69, 9.17) is 23.2 Å². The summed E-state index contributed by atoms with van der Waals surface area (Å²) in [6.45, 7) is 0. The standard InChI is InChI=1S/C9H4Cl2IN3/c10-8-13-7(14-9(11)15-8)5-2-1-3-6(12)4-5/h1-4H. The molecule has 1 aromatic carbocycles. The normalized spacial score (nSPS) is 10.3. The average molecular weight is 352 g/mol. The van der Waals surface area contributed by atoms with Crippen molar-refractivity contribution in [1.82, 2.24) is 15.0 Å². The van der Waals surface area contributed by atoms with Crippen LogP contribution in [-0.4, -0.2) is 15.0 Å². The lowest BCUT2D eigenvalue weighted by Crippen LogP contribution is -1.93. The molecule has 15 heavy (non-hydrogen) atoms. The van der Waals surface area contributed by atoms with Crippen LogP contribution in [0, 0.1) is 3.57 Å². The molecule has 0 fully saturated rings. The van der Waals surface area contributed by atoms with E-state index in [0.29, 0.717) is 5.82 Å². The molecule has 1 aromatic heterocycles. The van der Waals surface area contributed by atoms with Crippen LogP contribution < -0.4 is 0 Å². The molecule has 0 radical (unpaired) electrons. The van der Waals surface area contributed by atoms with Gasteiger partial charge in [0.15, 0.2) is 5.82 Å². The predicted molar refractivity (Wildman–Crippen MR) is 68.0 cm³/mol. The van der Waals surface area contributed by atoms with Crippen LogP contribution in [0.4, 0.5) is 0 Å². The van der Waals surface area contributed by atoms with E-state index in [1.807, 2.05) is 24.3 Å². The predicted octanol–water partition coefficient (Wildman–Crippen LogP) is 3.45. The van der Waals surface area contributed by atoms with E-state index in [1.54, 1.807) is 0 Å². The van der Waals surface area contributed by atoms with Gasteiger partial charge in [-0.15, -0.1) is 0 Å². The highest BCUT2D eigenvalue weighted by molar-refractivity contribution is 14.1. The fourth-order valence-corrected chi connectivity index (χ4v) is 1.99. The monoisotopic (exact) mass is 351 g/mol. The first-order valence-electron chi connectivity index (χ1n) is 3.98. The van der Waals surface area contributed by atoms with Crippen LogP contribution in [0.2, 0.25) is 10.6 Å². The van der Waals surface area contributed by atoms with Gasteiger partial charge in [0.05, 0.1) is 0 Å². The number of hydrogen-bond acceptors (Lipinski definition) is 3. The van der Waals surface area contributed by atoms with Crippen molar-refractivity contribution in [2.75, 3.05) is 0 Å². The first-order chi connectivity index (χ1) is 7.15. The molecule has 1 heterocycles. The van der Waals surface area contributed by atoms with Gasteiger partial charge in [0.1, 0.15) is 0 Å². The Hall–Kier alpha value is -0.460. The minimum absolute atomic E-state index is 0.101. The second kappa shape index (κ2) is 4.59. The lowest BCUT2D eigenvalue weighted by molar-refractivity contribution is 1.06. The van der Waals surface area contributed by atoms with E-state index in [2.05, 4.69) is 37.5 Å². The number of rotatable bonds is 1. The molecule has 0 saturated carbocycles. The van der Waals surface area contributed by atoms with Crippen molar-refractivity contribution in [2.24, 2.45) is 0 Å². The second-order valence-corrected chi connectivity index (χ2v) is 4.63. The van der Waals surface area contributed by atoms with E-state index in [-0.39, 0.29) is 10.6 Å². The van der Waals surface area contributed by atoms with E-state index >= 15 is 0 Å². The van der Waals surface area contributed by atoms with Crippen LogP contribution in [0.15, 0.2) is 24.3 Å². The molecule has 3 nitrogen and oxygen atoms in total. The molecule has 0 saturated heterocycles. The Kier molecular flexibility index (Phi) is 3.38. The first-order valence-corrected chi connectivity index (χ1v) is 5.81. The third kappa shape index (κ3) is 2.76. The summed E-state index contributed by atoms with van der Waals surface area (Å²) in [6.07, 6.45) is 0. The van der Waals surface area contributed by atoms with Gasteiger partial charge in [-0.25, -0.2) is 0 Å². The third-order valence-electron chi connectivity index (χ3n) is 1.66. The number of benzene rings is 1. The molecule has 0 spiro atoms. The topological polar surface area (TPSA) is 38.7 Å². The molecule has 0 N–H and O–H groups in total. The Bertz CT molecular complexity index is 484. The summed E-state index contributed by atoms with van der Waals surface area (Å²) in [7, 11) is 0. The van der Waals surface area contributed by atoms with Gasteiger partial charge in [-0.2, -0.15) is 15.0 Å². The van der Waals surface area contributed by atoms with Crippen LogP contribution in [0.3, 0.4) is 0 Å².